The predicted octanol–water partition coefficient (Wildman–Crippen LogP) is 22.1. The Bertz CT molecular complexity index is 1390. The first kappa shape index (κ1) is 71.8. The highest BCUT2D eigenvalue weighted by molar-refractivity contribution is 5.71. The molecule has 0 aromatic carbocycles. The molecule has 434 valence electrons. The summed E-state index contributed by atoms with van der Waals surface area (Å²) in [7, 11) is 0. The van der Waals surface area contributed by atoms with Crippen molar-refractivity contribution in [3.05, 3.63) is 72.9 Å². The second-order valence-corrected chi connectivity index (χ2v) is 21.6. The van der Waals surface area contributed by atoms with Crippen molar-refractivity contribution in [2.24, 2.45) is 0 Å². The maximum atomic E-state index is 12.9. The Kier molecular flexibility index (Phi) is 60.7. The zero-order valence-electron chi connectivity index (χ0n) is 49.8. The molecule has 0 spiro atoms. The summed E-state index contributed by atoms with van der Waals surface area (Å²) in [5, 5.41) is 0. The third-order valence-corrected chi connectivity index (χ3v) is 14.2. The van der Waals surface area contributed by atoms with Crippen LogP contribution in [0.2, 0.25) is 0 Å². The highest BCUT2D eigenvalue weighted by Crippen LogP contribution is 2.17. The fourth-order valence-electron chi connectivity index (χ4n) is 9.37. The molecule has 0 heterocycles. The molecule has 0 bridgehead atoms. The Morgan fingerprint density at radius 3 is 0.907 bits per heavy atom. The molecule has 0 aliphatic rings. The largest absolute Gasteiger partial charge is 0.462 e. The van der Waals surface area contributed by atoms with Crippen molar-refractivity contribution in [3.63, 3.8) is 0 Å². The zero-order chi connectivity index (χ0) is 54.3. The number of carbonyl (C=O) groups is 3. The molecule has 75 heavy (non-hydrogen) atoms. The molecule has 0 saturated heterocycles. The minimum absolute atomic E-state index is 0.0980. The van der Waals surface area contributed by atoms with Crippen LogP contribution in [0.4, 0.5) is 0 Å². The van der Waals surface area contributed by atoms with Crippen LogP contribution in [0.3, 0.4) is 0 Å². The Hall–Kier alpha value is -3.15. The van der Waals surface area contributed by atoms with E-state index < -0.39 is 6.10 Å². The van der Waals surface area contributed by atoms with Crippen LogP contribution in [-0.2, 0) is 28.6 Å². The molecule has 0 amide bonds. The molecule has 6 nitrogen and oxygen atoms in total. The number of rotatable bonds is 59. The van der Waals surface area contributed by atoms with E-state index in [2.05, 4.69) is 87.6 Å². The van der Waals surface area contributed by atoms with Gasteiger partial charge >= 0.3 is 17.9 Å². The molecule has 0 aromatic rings. The Balaban J connectivity index is 4.29. The fraction of sp³-hybridized carbons (Fsp3) is 0.783. The standard InChI is InChI=1S/C69H122O6/c1-4-7-10-13-16-19-22-25-27-29-31-32-33-34-35-36-37-38-40-41-44-47-50-53-56-59-62-68(71)74-65-66(64-73-67(70)61-58-55-52-49-46-43-24-21-18-15-12-9-6-3)75-69(72)63-60-57-54-51-48-45-42-39-30-28-26-23-20-17-14-11-8-5-2/h9,12,18,20-21,23,28,30,43,46,52,55,66H,4-8,10-11,13-17,19,22,24-27,29,31-42,44-45,47-51,53-54,56-65H2,1-3H3/b12-9-,21-18-,23-20-,30-28-,46-43-,55-52-. The van der Waals surface area contributed by atoms with E-state index in [1.54, 1.807) is 0 Å². The second-order valence-electron chi connectivity index (χ2n) is 21.6. The van der Waals surface area contributed by atoms with Gasteiger partial charge in [0.2, 0.25) is 0 Å². The van der Waals surface area contributed by atoms with Gasteiger partial charge in [0.1, 0.15) is 13.2 Å². The molecule has 6 heteroatoms. The molecule has 0 aromatic heterocycles. The van der Waals surface area contributed by atoms with E-state index in [1.165, 1.54) is 205 Å². The van der Waals surface area contributed by atoms with Gasteiger partial charge in [-0.3, -0.25) is 14.4 Å². The van der Waals surface area contributed by atoms with E-state index >= 15 is 0 Å². The number of carbonyl (C=O) groups excluding carboxylic acids is 3. The molecule has 1 unspecified atom stereocenters. The average molecular weight is 1050 g/mol. The molecular formula is C69H122O6. The van der Waals surface area contributed by atoms with E-state index in [9.17, 15) is 14.4 Å². The number of esters is 3. The number of hydrogen-bond acceptors (Lipinski definition) is 6. The van der Waals surface area contributed by atoms with Gasteiger partial charge in [0, 0.05) is 19.3 Å². The third-order valence-electron chi connectivity index (χ3n) is 14.2. The molecular weight excluding hydrogens is 925 g/mol. The van der Waals surface area contributed by atoms with E-state index in [0.29, 0.717) is 19.3 Å². The first-order valence-corrected chi connectivity index (χ1v) is 32.4. The van der Waals surface area contributed by atoms with Gasteiger partial charge in [-0.1, -0.05) is 306 Å². The summed E-state index contributed by atoms with van der Waals surface area (Å²) in [5.74, 6) is -0.977. The Morgan fingerprint density at radius 1 is 0.280 bits per heavy atom. The van der Waals surface area contributed by atoms with E-state index in [-0.39, 0.29) is 37.5 Å². The van der Waals surface area contributed by atoms with Gasteiger partial charge in [-0.2, -0.15) is 0 Å². The van der Waals surface area contributed by atoms with Gasteiger partial charge in [-0.25, -0.2) is 0 Å². The van der Waals surface area contributed by atoms with Crippen LogP contribution in [-0.4, -0.2) is 37.2 Å². The third kappa shape index (κ3) is 61.6. The molecule has 0 saturated carbocycles. The minimum atomic E-state index is -0.808. The van der Waals surface area contributed by atoms with Crippen molar-refractivity contribution in [2.45, 2.75) is 335 Å². The van der Waals surface area contributed by atoms with E-state index in [0.717, 1.165) is 77.0 Å². The van der Waals surface area contributed by atoms with Crippen LogP contribution in [0.1, 0.15) is 329 Å². The summed E-state index contributed by atoms with van der Waals surface area (Å²) < 4.78 is 16.8. The number of hydrogen-bond donors (Lipinski definition) is 0. The fourth-order valence-corrected chi connectivity index (χ4v) is 9.37. The summed E-state index contributed by atoms with van der Waals surface area (Å²) in [5.41, 5.74) is 0. The van der Waals surface area contributed by atoms with Crippen LogP contribution in [0.25, 0.3) is 0 Å². The normalized spacial score (nSPS) is 12.5. The van der Waals surface area contributed by atoms with Gasteiger partial charge in [-0.15, -0.1) is 0 Å². The van der Waals surface area contributed by atoms with Crippen molar-refractivity contribution in [1.29, 1.82) is 0 Å². The lowest BCUT2D eigenvalue weighted by Gasteiger charge is -2.18. The molecule has 0 rings (SSSR count). The summed E-state index contributed by atoms with van der Waals surface area (Å²) in [6.07, 6.45) is 82.3. The van der Waals surface area contributed by atoms with Crippen molar-refractivity contribution in [3.8, 4) is 0 Å². The first-order valence-electron chi connectivity index (χ1n) is 32.4. The predicted molar refractivity (Wildman–Crippen MR) is 325 cm³/mol. The van der Waals surface area contributed by atoms with Crippen LogP contribution in [0.15, 0.2) is 72.9 Å². The molecule has 0 N–H and O–H groups in total. The van der Waals surface area contributed by atoms with Crippen molar-refractivity contribution >= 4 is 17.9 Å². The molecule has 0 radical (unpaired) electrons. The van der Waals surface area contributed by atoms with Gasteiger partial charge in [-0.05, 0) is 77.0 Å². The molecule has 1 atom stereocenters. The summed E-state index contributed by atoms with van der Waals surface area (Å²) >= 11 is 0. The average Bonchev–Trinajstić information content (AvgIpc) is 3.41. The topological polar surface area (TPSA) is 78.9 Å². The minimum Gasteiger partial charge on any atom is -0.462 e. The van der Waals surface area contributed by atoms with Gasteiger partial charge in [0.15, 0.2) is 6.10 Å². The quantitative estimate of drug-likeness (QED) is 0.0261. The van der Waals surface area contributed by atoms with Crippen molar-refractivity contribution < 1.29 is 28.6 Å². The first-order chi connectivity index (χ1) is 37.0. The van der Waals surface area contributed by atoms with Crippen LogP contribution >= 0.6 is 0 Å². The highest BCUT2D eigenvalue weighted by atomic mass is 16.6. The van der Waals surface area contributed by atoms with Crippen molar-refractivity contribution in [2.75, 3.05) is 13.2 Å². The van der Waals surface area contributed by atoms with Crippen molar-refractivity contribution in [1.82, 2.24) is 0 Å². The highest BCUT2D eigenvalue weighted by Gasteiger charge is 2.19. The van der Waals surface area contributed by atoms with E-state index in [1.807, 2.05) is 6.08 Å². The Morgan fingerprint density at radius 2 is 0.547 bits per heavy atom. The lowest BCUT2D eigenvalue weighted by Crippen LogP contribution is -2.30. The number of unbranched alkanes of at least 4 members (excludes halogenated alkanes) is 36. The summed E-state index contributed by atoms with van der Waals surface area (Å²) in [6, 6.07) is 0. The number of ether oxygens (including phenoxy) is 3. The SMILES string of the molecule is CC/C=C\C/C=C\C/C=C\C/C=C\CCC(=O)OCC(COC(=O)CCCCCCCCCCCCCCCCCCCCCCCCCCCC)OC(=O)CCCCCCCCC/C=C\C/C=C\CCCCCC. The smallest absolute Gasteiger partial charge is 0.306 e. The van der Waals surface area contributed by atoms with Gasteiger partial charge < -0.3 is 14.2 Å². The Labute approximate surface area is 465 Å². The lowest BCUT2D eigenvalue weighted by molar-refractivity contribution is -0.166. The summed E-state index contributed by atoms with van der Waals surface area (Å²) in [4.78, 5) is 38.2. The number of allylic oxidation sites excluding steroid dienone is 12. The second kappa shape index (κ2) is 63.4. The molecule has 0 aliphatic heterocycles. The lowest BCUT2D eigenvalue weighted by atomic mass is 10.0. The van der Waals surface area contributed by atoms with Crippen LogP contribution in [0.5, 0.6) is 0 Å². The van der Waals surface area contributed by atoms with Crippen LogP contribution < -0.4 is 0 Å². The van der Waals surface area contributed by atoms with E-state index in [4.69, 9.17) is 14.2 Å². The van der Waals surface area contributed by atoms with Crippen LogP contribution in [0, 0.1) is 0 Å². The maximum absolute atomic E-state index is 12.9. The molecule has 0 fully saturated rings. The monoisotopic (exact) mass is 1050 g/mol. The van der Waals surface area contributed by atoms with Gasteiger partial charge in [0.25, 0.3) is 0 Å². The zero-order valence-corrected chi connectivity index (χ0v) is 49.8. The van der Waals surface area contributed by atoms with Gasteiger partial charge in [0.05, 0.1) is 0 Å². The summed E-state index contributed by atoms with van der Waals surface area (Å²) in [6.45, 7) is 6.48. The molecule has 0 aliphatic carbocycles. The maximum Gasteiger partial charge on any atom is 0.306 e.